The number of pyridine rings is 1. The summed E-state index contributed by atoms with van der Waals surface area (Å²) in [5.74, 6) is 0.448. The number of nitrogens with one attached hydrogen (secondary N) is 1. The van der Waals surface area contributed by atoms with E-state index in [2.05, 4.69) is 10.2 Å². The van der Waals surface area contributed by atoms with Crippen LogP contribution in [0.4, 0.5) is 0 Å². The summed E-state index contributed by atoms with van der Waals surface area (Å²) < 4.78 is 1.58. The molecule has 6 heteroatoms. The van der Waals surface area contributed by atoms with E-state index in [1.807, 2.05) is 54.6 Å². The fourth-order valence-electron chi connectivity index (χ4n) is 4.55. The van der Waals surface area contributed by atoms with Crippen molar-refractivity contribution in [2.45, 2.75) is 28.7 Å². The average Bonchev–Trinajstić information content (AvgIpc) is 2.81. The normalized spacial score (nSPS) is 22.3. The summed E-state index contributed by atoms with van der Waals surface area (Å²) in [6, 6.07) is 21.2. The molecule has 1 unspecified atom stereocenters. The smallest absolute Gasteiger partial charge is 0.255 e. The molecule has 3 aromatic rings. The molecule has 158 valence electrons. The van der Waals surface area contributed by atoms with Crippen LogP contribution in [0, 0.1) is 5.92 Å². The zero-order chi connectivity index (χ0) is 21.2. The molecule has 0 spiro atoms. The second-order valence-electron chi connectivity index (χ2n) is 8.23. The molecule has 1 aromatic heterocycles. The first-order chi connectivity index (χ1) is 15.2. The third kappa shape index (κ3) is 4.31. The number of amides is 1. The molecule has 2 bridgehead atoms. The van der Waals surface area contributed by atoms with E-state index >= 15 is 0 Å². The second-order valence-corrected chi connectivity index (χ2v) is 9.34. The summed E-state index contributed by atoms with van der Waals surface area (Å²) in [7, 11) is 0. The summed E-state index contributed by atoms with van der Waals surface area (Å²) in [4.78, 5) is 30.2. The van der Waals surface area contributed by atoms with Crippen molar-refractivity contribution in [3.8, 4) is 5.69 Å². The number of fused-ring (bicyclic) bond motifs is 3. The van der Waals surface area contributed by atoms with Crippen LogP contribution in [0.2, 0.25) is 0 Å². The van der Waals surface area contributed by atoms with E-state index < -0.39 is 0 Å². The molecular formula is C25H25N3O2S. The maximum absolute atomic E-state index is 13.0. The number of aromatic nitrogens is 1. The van der Waals surface area contributed by atoms with Crippen LogP contribution in [0.5, 0.6) is 0 Å². The maximum Gasteiger partial charge on any atom is 0.255 e. The number of hydrogen-bond donors (Lipinski definition) is 1. The van der Waals surface area contributed by atoms with Gasteiger partial charge in [-0.25, -0.2) is 0 Å². The van der Waals surface area contributed by atoms with Gasteiger partial charge < -0.3 is 10.2 Å². The number of nitrogens with zero attached hydrogens (tertiary/aromatic N) is 2. The lowest BCUT2D eigenvalue weighted by Gasteiger charge is -2.44. The SMILES string of the molecule is O=C(NC1CN2CCC1CC2)c1ccc(=O)n(-c2ccccc2Sc2ccccc2)c1. The Kier molecular flexibility index (Phi) is 5.66. The molecule has 2 aromatic carbocycles. The first-order valence-corrected chi connectivity index (χ1v) is 11.6. The lowest BCUT2D eigenvalue weighted by Crippen LogP contribution is -2.57. The molecule has 6 rings (SSSR count). The van der Waals surface area contributed by atoms with E-state index in [0.29, 0.717) is 11.5 Å². The first kappa shape index (κ1) is 20.1. The predicted octanol–water partition coefficient (Wildman–Crippen LogP) is 3.81. The van der Waals surface area contributed by atoms with Gasteiger partial charge in [-0.05, 0) is 62.2 Å². The van der Waals surface area contributed by atoms with Gasteiger partial charge in [0, 0.05) is 34.6 Å². The molecule has 1 N–H and O–H groups in total. The van der Waals surface area contributed by atoms with Crippen molar-refractivity contribution in [1.82, 2.24) is 14.8 Å². The van der Waals surface area contributed by atoms with Gasteiger partial charge in [0.05, 0.1) is 11.3 Å². The highest BCUT2D eigenvalue weighted by Gasteiger charge is 2.35. The summed E-state index contributed by atoms with van der Waals surface area (Å²) in [6.07, 6.45) is 3.96. The standard InChI is InChI=1S/C25H25N3O2S/c29-24-11-10-19(25(30)26-21-17-27-14-12-18(21)13-15-27)16-28(24)22-8-4-5-9-23(22)31-20-6-2-1-3-7-20/h1-11,16,18,21H,12-15,17H2,(H,26,30). The molecule has 31 heavy (non-hydrogen) atoms. The Bertz CT molecular complexity index is 1140. The van der Waals surface area contributed by atoms with Gasteiger partial charge in [-0.3, -0.25) is 14.2 Å². The Morgan fingerprint density at radius 1 is 0.935 bits per heavy atom. The summed E-state index contributed by atoms with van der Waals surface area (Å²) in [5, 5.41) is 3.22. The largest absolute Gasteiger partial charge is 0.348 e. The van der Waals surface area contributed by atoms with Gasteiger partial charge in [-0.1, -0.05) is 42.1 Å². The summed E-state index contributed by atoms with van der Waals surface area (Å²) in [5.41, 5.74) is 1.13. The number of carbonyl (C=O) groups is 1. The van der Waals surface area contributed by atoms with Crippen molar-refractivity contribution in [3.63, 3.8) is 0 Å². The van der Waals surface area contributed by atoms with Crippen molar-refractivity contribution < 1.29 is 4.79 Å². The van der Waals surface area contributed by atoms with E-state index in [9.17, 15) is 9.59 Å². The van der Waals surface area contributed by atoms with Gasteiger partial charge in [0.1, 0.15) is 0 Å². The van der Waals surface area contributed by atoms with E-state index in [4.69, 9.17) is 0 Å². The third-order valence-electron chi connectivity index (χ3n) is 6.24. The number of rotatable bonds is 5. The minimum absolute atomic E-state index is 0.110. The first-order valence-electron chi connectivity index (χ1n) is 10.8. The molecule has 3 saturated heterocycles. The average molecular weight is 432 g/mol. The minimum Gasteiger partial charge on any atom is -0.348 e. The van der Waals surface area contributed by atoms with E-state index in [0.717, 1.165) is 48.0 Å². The molecule has 0 aliphatic carbocycles. The van der Waals surface area contributed by atoms with Crippen LogP contribution < -0.4 is 10.9 Å². The number of hydrogen-bond acceptors (Lipinski definition) is 4. The summed E-state index contributed by atoms with van der Waals surface area (Å²) >= 11 is 1.60. The van der Waals surface area contributed by atoms with Gasteiger partial charge in [-0.2, -0.15) is 0 Å². The molecular weight excluding hydrogens is 406 g/mol. The minimum atomic E-state index is -0.152. The topological polar surface area (TPSA) is 54.3 Å². The fourth-order valence-corrected chi connectivity index (χ4v) is 5.51. The van der Waals surface area contributed by atoms with Crippen LogP contribution in [-0.4, -0.2) is 41.1 Å². The van der Waals surface area contributed by atoms with Crippen LogP contribution in [-0.2, 0) is 0 Å². The van der Waals surface area contributed by atoms with Crippen LogP contribution in [0.1, 0.15) is 23.2 Å². The highest BCUT2D eigenvalue weighted by atomic mass is 32.2. The lowest BCUT2D eigenvalue weighted by molar-refractivity contribution is 0.0620. The van der Waals surface area contributed by atoms with Crippen LogP contribution in [0.25, 0.3) is 5.69 Å². The van der Waals surface area contributed by atoms with Gasteiger partial charge in [0.2, 0.25) is 0 Å². The van der Waals surface area contributed by atoms with E-state index in [-0.39, 0.29) is 17.5 Å². The highest BCUT2D eigenvalue weighted by molar-refractivity contribution is 7.99. The Labute approximate surface area is 186 Å². The fraction of sp³-hybridized carbons (Fsp3) is 0.280. The van der Waals surface area contributed by atoms with Crippen molar-refractivity contribution >= 4 is 17.7 Å². The van der Waals surface area contributed by atoms with E-state index in [1.165, 1.54) is 6.07 Å². The molecule has 0 saturated carbocycles. The molecule has 0 radical (unpaired) electrons. The third-order valence-corrected chi connectivity index (χ3v) is 7.31. The van der Waals surface area contributed by atoms with Crippen molar-refractivity contribution in [3.05, 3.63) is 88.8 Å². The predicted molar refractivity (Wildman–Crippen MR) is 123 cm³/mol. The Morgan fingerprint density at radius 3 is 2.42 bits per heavy atom. The van der Waals surface area contributed by atoms with Crippen LogP contribution in [0.15, 0.2) is 87.5 Å². The van der Waals surface area contributed by atoms with Gasteiger partial charge in [0.25, 0.3) is 11.5 Å². The molecule has 1 amide bonds. The monoisotopic (exact) mass is 431 g/mol. The second kappa shape index (κ2) is 8.73. The zero-order valence-corrected chi connectivity index (χ0v) is 18.1. The quantitative estimate of drug-likeness (QED) is 0.667. The van der Waals surface area contributed by atoms with Crippen LogP contribution >= 0.6 is 11.8 Å². The van der Waals surface area contributed by atoms with Crippen molar-refractivity contribution in [2.75, 3.05) is 19.6 Å². The van der Waals surface area contributed by atoms with Crippen LogP contribution in [0.3, 0.4) is 0 Å². The molecule has 3 fully saturated rings. The molecule has 4 heterocycles. The molecule has 1 atom stereocenters. The zero-order valence-electron chi connectivity index (χ0n) is 17.2. The number of benzene rings is 2. The number of piperidine rings is 3. The Morgan fingerprint density at radius 2 is 1.68 bits per heavy atom. The van der Waals surface area contributed by atoms with Gasteiger partial charge in [-0.15, -0.1) is 0 Å². The number of carbonyl (C=O) groups excluding carboxylic acids is 1. The van der Waals surface area contributed by atoms with Crippen molar-refractivity contribution in [2.24, 2.45) is 5.92 Å². The molecule has 3 aliphatic rings. The highest BCUT2D eigenvalue weighted by Crippen LogP contribution is 2.32. The maximum atomic E-state index is 13.0. The Hall–Kier alpha value is -2.83. The lowest BCUT2D eigenvalue weighted by atomic mass is 9.84. The van der Waals surface area contributed by atoms with Crippen molar-refractivity contribution in [1.29, 1.82) is 0 Å². The van der Waals surface area contributed by atoms with Gasteiger partial charge in [0.15, 0.2) is 0 Å². The summed E-state index contributed by atoms with van der Waals surface area (Å²) in [6.45, 7) is 3.20. The number of para-hydroxylation sites is 1. The Balaban J connectivity index is 1.42. The molecule has 3 aliphatic heterocycles. The molecule has 5 nitrogen and oxygen atoms in total. The van der Waals surface area contributed by atoms with E-state index in [1.54, 1.807) is 28.6 Å². The van der Waals surface area contributed by atoms with Gasteiger partial charge >= 0.3 is 0 Å².